The largest absolute Gasteiger partial charge is 0.354 e. The zero-order valence-electron chi connectivity index (χ0n) is 17.3. The first kappa shape index (κ1) is 24.7. The zero-order chi connectivity index (χ0) is 20.0. The van der Waals surface area contributed by atoms with E-state index in [0.717, 1.165) is 36.0 Å². The second-order valence-corrected chi connectivity index (χ2v) is 10.6. The van der Waals surface area contributed by atoms with E-state index >= 15 is 0 Å². The summed E-state index contributed by atoms with van der Waals surface area (Å²) in [4.78, 5) is 4.70. The van der Waals surface area contributed by atoms with Crippen LogP contribution in [0.2, 0.25) is 0 Å². The lowest BCUT2D eigenvalue weighted by molar-refractivity contribution is 0.346. The first-order valence-corrected chi connectivity index (χ1v) is 12.8. The first-order chi connectivity index (χ1) is 13.5. The maximum absolute atomic E-state index is 12.7. The summed E-state index contributed by atoms with van der Waals surface area (Å²) in [5.74, 6) is 0.803. The van der Waals surface area contributed by atoms with E-state index < -0.39 is 10.0 Å². The van der Waals surface area contributed by atoms with Crippen LogP contribution in [-0.4, -0.2) is 56.4 Å². The molecule has 1 aliphatic heterocycles. The molecule has 29 heavy (non-hydrogen) atoms. The van der Waals surface area contributed by atoms with Crippen LogP contribution in [0.1, 0.15) is 44.1 Å². The predicted octanol–water partition coefficient (Wildman–Crippen LogP) is 3.43. The lowest BCUT2D eigenvalue weighted by atomic mass is 10.2. The molecule has 1 saturated carbocycles. The maximum Gasteiger partial charge on any atom is 0.243 e. The molecular formula is C20H33IN4O2S2. The number of nitrogens with zero attached hydrogens (tertiary/aromatic N) is 2. The van der Waals surface area contributed by atoms with Crippen molar-refractivity contribution in [2.45, 2.75) is 61.3 Å². The molecule has 2 fully saturated rings. The summed E-state index contributed by atoms with van der Waals surface area (Å²) in [7, 11) is -1.58. The number of hydrogen-bond donors (Lipinski definition) is 2. The van der Waals surface area contributed by atoms with Crippen LogP contribution < -0.4 is 10.6 Å². The third kappa shape index (κ3) is 6.73. The molecular weight excluding hydrogens is 519 g/mol. The Bertz CT molecular complexity index is 765. The Hall–Kier alpha value is -0.520. The van der Waals surface area contributed by atoms with Gasteiger partial charge < -0.3 is 10.6 Å². The van der Waals surface area contributed by atoms with Crippen molar-refractivity contribution in [3.8, 4) is 0 Å². The van der Waals surface area contributed by atoms with Gasteiger partial charge in [-0.15, -0.1) is 24.0 Å². The van der Waals surface area contributed by atoms with Gasteiger partial charge in [0.05, 0.1) is 4.90 Å². The van der Waals surface area contributed by atoms with Crippen LogP contribution in [0, 0.1) is 0 Å². The Kier molecular flexibility index (Phi) is 10.0. The number of sulfonamides is 1. The highest BCUT2D eigenvalue weighted by atomic mass is 127. The Morgan fingerprint density at radius 2 is 1.86 bits per heavy atom. The molecule has 2 unspecified atom stereocenters. The molecule has 1 heterocycles. The van der Waals surface area contributed by atoms with Gasteiger partial charge in [0.25, 0.3) is 0 Å². The van der Waals surface area contributed by atoms with Gasteiger partial charge in [-0.3, -0.25) is 4.99 Å². The fraction of sp³-hybridized carbons (Fsp3) is 0.650. The lowest BCUT2D eigenvalue weighted by Crippen LogP contribution is -2.42. The van der Waals surface area contributed by atoms with Gasteiger partial charge in [-0.25, -0.2) is 8.42 Å². The molecule has 1 aromatic rings. The highest BCUT2D eigenvalue weighted by molar-refractivity contribution is 14.0. The van der Waals surface area contributed by atoms with Gasteiger partial charge in [-0.2, -0.15) is 16.1 Å². The summed E-state index contributed by atoms with van der Waals surface area (Å²) >= 11 is 1.94. The SMILES string of the molecule is CN=C(NCc1ccc(S(=O)(=O)N2CCCCC2)cc1)NC1CCC(SC)C1.I. The van der Waals surface area contributed by atoms with E-state index in [2.05, 4.69) is 21.9 Å². The van der Waals surface area contributed by atoms with Crippen molar-refractivity contribution >= 4 is 51.7 Å². The molecule has 3 rings (SSSR count). The lowest BCUT2D eigenvalue weighted by Gasteiger charge is -2.25. The van der Waals surface area contributed by atoms with Gasteiger partial charge in [0, 0.05) is 38.0 Å². The number of halogens is 1. The van der Waals surface area contributed by atoms with E-state index in [1.54, 1.807) is 23.5 Å². The fourth-order valence-electron chi connectivity index (χ4n) is 3.89. The highest BCUT2D eigenvalue weighted by Crippen LogP contribution is 2.28. The second kappa shape index (κ2) is 11.8. The van der Waals surface area contributed by atoms with E-state index in [-0.39, 0.29) is 24.0 Å². The number of thioether (sulfide) groups is 1. The third-order valence-corrected chi connectivity index (χ3v) is 8.63. The number of rotatable bonds is 6. The van der Waals surface area contributed by atoms with E-state index in [1.807, 2.05) is 23.9 Å². The quantitative estimate of drug-likeness (QED) is 0.322. The average Bonchev–Trinajstić information content (AvgIpc) is 3.19. The average molecular weight is 553 g/mol. The Morgan fingerprint density at radius 1 is 1.17 bits per heavy atom. The third-order valence-electron chi connectivity index (χ3n) is 5.62. The van der Waals surface area contributed by atoms with Crippen molar-refractivity contribution in [2.24, 2.45) is 4.99 Å². The van der Waals surface area contributed by atoms with Crippen LogP contribution in [0.3, 0.4) is 0 Å². The number of guanidine groups is 1. The van der Waals surface area contributed by atoms with Crippen molar-refractivity contribution in [1.82, 2.24) is 14.9 Å². The maximum atomic E-state index is 12.7. The Balaban J connectivity index is 0.00000300. The number of piperidine rings is 1. The second-order valence-electron chi connectivity index (χ2n) is 7.55. The number of aliphatic imine (C=N–C) groups is 1. The van der Waals surface area contributed by atoms with Crippen LogP contribution >= 0.6 is 35.7 Å². The van der Waals surface area contributed by atoms with Crippen LogP contribution in [0.4, 0.5) is 0 Å². The summed E-state index contributed by atoms with van der Waals surface area (Å²) in [5.41, 5.74) is 1.04. The highest BCUT2D eigenvalue weighted by Gasteiger charge is 2.26. The van der Waals surface area contributed by atoms with Crippen molar-refractivity contribution in [3.05, 3.63) is 29.8 Å². The summed E-state index contributed by atoms with van der Waals surface area (Å²) in [5, 5.41) is 7.58. The molecule has 0 aromatic heterocycles. The first-order valence-electron chi connectivity index (χ1n) is 10.1. The molecule has 1 saturated heterocycles. The standard InChI is InChI=1S/C20H32N4O2S2.HI/c1-21-20(23-17-8-9-18(14-17)27-2)22-15-16-6-10-19(11-7-16)28(25,26)24-12-4-3-5-13-24;/h6-7,10-11,17-18H,3-5,8-9,12-15H2,1-2H3,(H2,21,22,23);1H. The minimum absolute atomic E-state index is 0. The Morgan fingerprint density at radius 3 is 2.45 bits per heavy atom. The van der Waals surface area contributed by atoms with Gasteiger partial charge in [-0.05, 0) is 56.1 Å². The molecule has 1 aromatic carbocycles. The van der Waals surface area contributed by atoms with Gasteiger partial charge in [0.15, 0.2) is 5.96 Å². The van der Waals surface area contributed by atoms with Gasteiger partial charge >= 0.3 is 0 Å². The molecule has 1 aliphatic carbocycles. The molecule has 6 nitrogen and oxygen atoms in total. The molecule has 9 heteroatoms. The van der Waals surface area contributed by atoms with Crippen LogP contribution in [0.25, 0.3) is 0 Å². The molecule has 164 valence electrons. The van der Waals surface area contributed by atoms with Crippen molar-refractivity contribution in [1.29, 1.82) is 0 Å². The smallest absolute Gasteiger partial charge is 0.243 e. The fourth-order valence-corrected chi connectivity index (χ4v) is 6.21. The monoisotopic (exact) mass is 552 g/mol. The Labute approximate surface area is 196 Å². The topological polar surface area (TPSA) is 73.8 Å². The molecule has 2 atom stereocenters. The van der Waals surface area contributed by atoms with Crippen molar-refractivity contribution in [3.63, 3.8) is 0 Å². The zero-order valence-corrected chi connectivity index (χ0v) is 21.2. The van der Waals surface area contributed by atoms with Gasteiger partial charge in [-0.1, -0.05) is 18.6 Å². The van der Waals surface area contributed by atoms with Crippen LogP contribution in [-0.2, 0) is 16.6 Å². The summed E-state index contributed by atoms with van der Waals surface area (Å²) in [6.07, 6.45) is 8.79. The number of benzene rings is 1. The van der Waals surface area contributed by atoms with E-state index in [1.165, 1.54) is 19.3 Å². The molecule has 0 radical (unpaired) electrons. The number of nitrogens with one attached hydrogen (secondary N) is 2. The minimum Gasteiger partial charge on any atom is -0.354 e. The summed E-state index contributed by atoms with van der Waals surface area (Å²) in [6, 6.07) is 7.68. The normalized spacial score (nSPS) is 23.4. The van der Waals surface area contributed by atoms with E-state index in [9.17, 15) is 8.42 Å². The molecule has 2 N–H and O–H groups in total. The van der Waals surface area contributed by atoms with Gasteiger partial charge in [0.1, 0.15) is 0 Å². The molecule has 0 bridgehead atoms. The predicted molar refractivity (Wildman–Crippen MR) is 133 cm³/mol. The minimum atomic E-state index is -3.36. The summed E-state index contributed by atoms with van der Waals surface area (Å²) in [6.45, 7) is 1.88. The van der Waals surface area contributed by atoms with E-state index in [0.29, 0.717) is 30.6 Å². The van der Waals surface area contributed by atoms with Gasteiger partial charge in [0.2, 0.25) is 10.0 Å². The van der Waals surface area contributed by atoms with E-state index in [4.69, 9.17) is 0 Å². The molecule has 2 aliphatic rings. The van der Waals surface area contributed by atoms with Crippen molar-refractivity contribution < 1.29 is 8.42 Å². The van der Waals surface area contributed by atoms with Crippen LogP contribution in [0.5, 0.6) is 0 Å². The van der Waals surface area contributed by atoms with Crippen molar-refractivity contribution in [2.75, 3.05) is 26.4 Å². The number of hydrogen-bond acceptors (Lipinski definition) is 4. The molecule has 0 spiro atoms. The van der Waals surface area contributed by atoms with Crippen LogP contribution in [0.15, 0.2) is 34.2 Å². The summed E-state index contributed by atoms with van der Waals surface area (Å²) < 4.78 is 27.1. The molecule has 0 amide bonds.